The van der Waals surface area contributed by atoms with Gasteiger partial charge in [0.05, 0.1) is 23.6 Å². The van der Waals surface area contributed by atoms with E-state index in [0.29, 0.717) is 5.69 Å². The number of hydrogen-bond acceptors (Lipinski definition) is 3. The Morgan fingerprint density at radius 1 is 1.42 bits per heavy atom. The monoisotopic (exact) mass is 256 g/mol. The maximum Gasteiger partial charge on any atom is 0.257 e. The number of rotatable bonds is 4. The van der Waals surface area contributed by atoms with Crippen molar-refractivity contribution in [1.82, 2.24) is 14.8 Å². The van der Waals surface area contributed by atoms with Crippen molar-refractivity contribution >= 4 is 11.6 Å². The van der Waals surface area contributed by atoms with Gasteiger partial charge in [0.2, 0.25) is 0 Å². The molecule has 5 nitrogen and oxygen atoms in total. The largest absolute Gasteiger partial charge is 0.351 e. The molecular formula is C14H16N4O. The lowest BCUT2D eigenvalue weighted by atomic mass is 10.2. The number of hydrogen-bond donors (Lipinski definition) is 1. The van der Waals surface area contributed by atoms with Crippen LogP contribution in [-0.2, 0) is 6.54 Å². The molecule has 0 spiro atoms. The zero-order valence-corrected chi connectivity index (χ0v) is 10.8. The van der Waals surface area contributed by atoms with E-state index in [1.165, 1.54) is 19.0 Å². The molecule has 19 heavy (non-hydrogen) atoms. The van der Waals surface area contributed by atoms with E-state index in [-0.39, 0.29) is 5.91 Å². The molecule has 0 aromatic carbocycles. The van der Waals surface area contributed by atoms with Crippen LogP contribution in [0.1, 0.15) is 28.9 Å². The number of anilines is 1. The van der Waals surface area contributed by atoms with Crippen molar-refractivity contribution in [2.24, 2.45) is 5.92 Å². The summed E-state index contributed by atoms with van der Waals surface area (Å²) in [6.45, 7) is 3.01. The van der Waals surface area contributed by atoms with Gasteiger partial charge in [-0.1, -0.05) is 0 Å². The summed E-state index contributed by atoms with van der Waals surface area (Å²) in [6.07, 6.45) is 7.70. The highest BCUT2D eigenvalue weighted by Gasteiger charge is 2.23. The summed E-state index contributed by atoms with van der Waals surface area (Å²) in [5.74, 6) is 0.700. The Kier molecular flexibility index (Phi) is 3.03. The lowest BCUT2D eigenvalue weighted by Crippen LogP contribution is -2.13. The molecule has 2 aromatic heterocycles. The van der Waals surface area contributed by atoms with Gasteiger partial charge >= 0.3 is 0 Å². The molecule has 0 atom stereocenters. The maximum atomic E-state index is 12.2. The van der Waals surface area contributed by atoms with Gasteiger partial charge in [-0.05, 0) is 37.8 Å². The fourth-order valence-corrected chi connectivity index (χ4v) is 2.13. The van der Waals surface area contributed by atoms with Gasteiger partial charge in [0.15, 0.2) is 0 Å². The molecule has 0 radical (unpaired) electrons. The summed E-state index contributed by atoms with van der Waals surface area (Å²) in [7, 11) is 0. The average Bonchev–Trinajstić information content (AvgIpc) is 3.15. The lowest BCUT2D eigenvalue weighted by molar-refractivity contribution is 0.102. The van der Waals surface area contributed by atoms with Crippen LogP contribution in [0.2, 0.25) is 0 Å². The molecule has 2 aromatic rings. The number of carbonyl (C=O) groups is 1. The van der Waals surface area contributed by atoms with Gasteiger partial charge in [0.25, 0.3) is 5.91 Å². The summed E-state index contributed by atoms with van der Waals surface area (Å²) in [5.41, 5.74) is 2.40. The van der Waals surface area contributed by atoms with Crippen molar-refractivity contribution in [2.75, 3.05) is 5.32 Å². The predicted molar refractivity (Wildman–Crippen MR) is 71.9 cm³/mol. The normalized spacial score (nSPS) is 14.4. The molecular weight excluding hydrogens is 240 g/mol. The van der Waals surface area contributed by atoms with Crippen molar-refractivity contribution in [3.8, 4) is 0 Å². The standard InChI is InChI=1S/C14H16N4O/c1-10-13(5-7-18(10)9-11-2-3-11)14(19)17-12-4-6-15-16-8-12/h4-8,11H,2-3,9H2,1H3,(H,15,17,19). The zero-order chi connectivity index (χ0) is 13.2. The van der Waals surface area contributed by atoms with Crippen LogP contribution >= 0.6 is 0 Å². The second kappa shape index (κ2) is 4.84. The summed E-state index contributed by atoms with van der Waals surface area (Å²) in [5, 5.41) is 10.2. The van der Waals surface area contributed by atoms with Gasteiger partial charge in [0.1, 0.15) is 0 Å². The van der Waals surface area contributed by atoms with E-state index in [0.717, 1.165) is 23.7 Å². The third kappa shape index (κ3) is 2.65. The van der Waals surface area contributed by atoms with Crippen LogP contribution in [0.4, 0.5) is 5.69 Å². The molecule has 0 unspecified atom stereocenters. The highest BCUT2D eigenvalue weighted by Crippen LogP contribution is 2.31. The summed E-state index contributed by atoms with van der Waals surface area (Å²) in [6, 6.07) is 3.60. The second-order valence-corrected chi connectivity index (χ2v) is 5.00. The Balaban J connectivity index is 1.74. The SMILES string of the molecule is Cc1c(C(=O)Nc2ccnnc2)ccn1CC1CC1. The topological polar surface area (TPSA) is 59.8 Å². The Hall–Kier alpha value is -2.17. The van der Waals surface area contributed by atoms with E-state index in [4.69, 9.17) is 0 Å². The smallest absolute Gasteiger partial charge is 0.257 e. The number of nitrogens with one attached hydrogen (secondary N) is 1. The zero-order valence-electron chi connectivity index (χ0n) is 10.8. The van der Waals surface area contributed by atoms with Crippen LogP contribution in [0.5, 0.6) is 0 Å². The molecule has 0 aliphatic heterocycles. The first-order valence-corrected chi connectivity index (χ1v) is 6.48. The van der Waals surface area contributed by atoms with E-state index >= 15 is 0 Å². The summed E-state index contributed by atoms with van der Waals surface area (Å²) >= 11 is 0. The van der Waals surface area contributed by atoms with Gasteiger partial charge in [0, 0.05) is 18.4 Å². The van der Waals surface area contributed by atoms with E-state index in [9.17, 15) is 4.79 Å². The minimum Gasteiger partial charge on any atom is -0.351 e. The first kappa shape index (κ1) is 11.9. The van der Waals surface area contributed by atoms with Crippen molar-refractivity contribution in [2.45, 2.75) is 26.3 Å². The molecule has 1 N–H and O–H groups in total. The Morgan fingerprint density at radius 2 is 2.26 bits per heavy atom. The van der Waals surface area contributed by atoms with Crippen molar-refractivity contribution < 1.29 is 4.79 Å². The minimum absolute atomic E-state index is 0.0972. The molecule has 1 aliphatic carbocycles. The van der Waals surface area contributed by atoms with Gasteiger partial charge in [-0.3, -0.25) is 4.79 Å². The van der Waals surface area contributed by atoms with Gasteiger partial charge in [-0.2, -0.15) is 10.2 Å². The van der Waals surface area contributed by atoms with E-state index in [2.05, 4.69) is 20.1 Å². The molecule has 98 valence electrons. The Labute approximate surface area is 111 Å². The van der Waals surface area contributed by atoms with E-state index in [1.54, 1.807) is 12.3 Å². The summed E-state index contributed by atoms with van der Waals surface area (Å²) < 4.78 is 2.16. The van der Waals surface area contributed by atoms with Gasteiger partial charge < -0.3 is 9.88 Å². The molecule has 3 rings (SSSR count). The van der Waals surface area contributed by atoms with Crippen LogP contribution in [-0.4, -0.2) is 20.7 Å². The molecule has 5 heteroatoms. The fraction of sp³-hybridized carbons (Fsp3) is 0.357. The van der Waals surface area contributed by atoms with Crippen LogP contribution in [0.3, 0.4) is 0 Å². The maximum absolute atomic E-state index is 12.2. The van der Waals surface area contributed by atoms with Crippen molar-refractivity contribution in [3.05, 3.63) is 42.0 Å². The third-order valence-electron chi connectivity index (χ3n) is 3.48. The minimum atomic E-state index is -0.0972. The van der Waals surface area contributed by atoms with Crippen LogP contribution in [0, 0.1) is 12.8 Å². The van der Waals surface area contributed by atoms with Gasteiger partial charge in [-0.15, -0.1) is 0 Å². The van der Waals surface area contributed by atoms with Crippen LogP contribution < -0.4 is 5.32 Å². The predicted octanol–water partition coefficient (Wildman–Crippen LogP) is 2.25. The second-order valence-electron chi connectivity index (χ2n) is 5.00. The quantitative estimate of drug-likeness (QED) is 0.912. The Bertz CT molecular complexity index is 587. The molecule has 0 bridgehead atoms. The van der Waals surface area contributed by atoms with Crippen molar-refractivity contribution in [3.63, 3.8) is 0 Å². The van der Waals surface area contributed by atoms with Crippen LogP contribution in [0.25, 0.3) is 0 Å². The third-order valence-corrected chi connectivity index (χ3v) is 3.48. The summed E-state index contributed by atoms with van der Waals surface area (Å²) in [4.78, 5) is 12.2. The number of nitrogens with zero attached hydrogens (tertiary/aromatic N) is 3. The van der Waals surface area contributed by atoms with Crippen LogP contribution in [0.15, 0.2) is 30.7 Å². The lowest BCUT2D eigenvalue weighted by Gasteiger charge is -2.07. The highest BCUT2D eigenvalue weighted by atomic mass is 16.1. The first-order chi connectivity index (χ1) is 9.24. The average molecular weight is 256 g/mol. The van der Waals surface area contributed by atoms with E-state index < -0.39 is 0 Å². The molecule has 1 fully saturated rings. The number of amides is 1. The molecule has 1 saturated carbocycles. The number of aromatic nitrogens is 3. The van der Waals surface area contributed by atoms with E-state index in [1.807, 2.05) is 19.2 Å². The Morgan fingerprint density at radius 3 is 2.95 bits per heavy atom. The van der Waals surface area contributed by atoms with Crippen molar-refractivity contribution in [1.29, 1.82) is 0 Å². The molecule has 2 heterocycles. The molecule has 1 aliphatic rings. The van der Waals surface area contributed by atoms with Gasteiger partial charge in [-0.25, -0.2) is 0 Å². The molecule has 0 saturated heterocycles. The number of carbonyl (C=O) groups excluding carboxylic acids is 1. The fourth-order valence-electron chi connectivity index (χ4n) is 2.13. The molecule has 1 amide bonds. The first-order valence-electron chi connectivity index (χ1n) is 6.48. The highest BCUT2D eigenvalue weighted by molar-refractivity contribution is 6.05.